The lowest BCUT2D eigenvalue weighted by atomic mass is 9.84. The van der Waals surface area contributed by atoms with Crippen molar-refractivity contribution in [1.29, 1.82) is 0 Å². The van der Waals surface area contributed by atoms with Gasteiger partial charge in [0.25, 0.3) is 0 Å². The summed E-state index contributed by atoms with van der Waals surface area (Å²) >= 11 is 0. The molecule has 2 aromatic carbocycles. The van der Waals surface area contributed by atoms with E-state index in [0.717, 1.165) is 32.1 Å². The zero-order chi connectivity index (χ0) is 20.1. The first kappa shape index (κ1) is 20.5. The van der Waals surface area contributed by atoms with Crippen LogP contribution in [0.5, 0.6) is 17.2 Å². The largest absolute Gasteiger partial charge is 0.496 e. The lowest BCUT2D eigenvalue weighted by molar-refractivity contribution is 0.327. The Labute approximate surface area is 167 Å². The molecule has 0 N–H and O–H groups in total. The van der Waals surface area contributed by atoms with Crippen LogP contribution < -0.4 is 14.2 Å². The zero-order valence-corrected chi connectivity index (χ0v) is 17.5. The van der Waals surface area contributed by atoms with Crippen molar-refractivity contribution in [2.75, 3.05) is 21.3 Å². The van der Waals surface area contributed by atoms with E-state index in [9.17, 15) is 8.42 Å². The summed E-state index contributed by atoms with van der Waals surface area (Å²) < 4.78 is 43.9. The minimum Gasteiger partial charge on any atom is -0.496 e. The Morgan fingerprint density at radius 2 is 1.39 bits per heavy atom. The van der Waals surface area contributed by atoms with Crippen LogP contribution in [0.15, 0.2) is 47.4 Å². The van der Waals surface area contributed by atoms with Gasteiger partial charge in [0.1, 0.15) is 5.75 Å². The molecule has 28 heavy (non-hydrogen) atoms. The SMILES string of the molecule is COc1cc(OC)c(C(C2CCCCC2)S(=O)(=O)c2ccccc2)cc1OC. The van der Waals surface area contributed by atoms with E-state index in [4.69, 9.17) is 14.2 Å². The van der Waals surface area contributed by atoms with Gasteiger partial charge in [0.15, 0.2) is 21.3 Å². The topological polar surface area (TPSA) is 61.8 Å². The van der Waals surface area contributed by atoms with E-state index in [2.05, 4.69) is 0 Å². The number of hydrogen-bond acceptors (Lipinski definition) is 5. The first-order valence-electron chi connectivity index (χ1n) is 9.61. The van der Waals surface area contributed by atoms with Gasteiger partial charge in [0, 0.05) is 11.6 Å². The smallest absolute Gasteiger partial charge is 0.185 e. The second-order valence-corrected chi connectivity index (χ2v) is 9.20. The first-order chi connectivity index (χ1) is 13.5. The number of ether oxygens (including phenoxy) is 3. The molecule has 0 spiro atoms. The molecular formula is C22H28O5S. The molecule has 1 aliphatic rings. The molecule has 6 heteroatoms. The summed E-state index contributed by atoms with van der Waals surface area (Å²) in [7, 11) is 1.05. The van der Waals surface area contributed by atoms with Crippen LogP contribution in [0, 0.1) is 5.92 Å². The number of methoxy groups -OCH3 is 3. The van der Waals surface area contributed by atoms with Gasteiger partial charge in [-0.2, -0.15) is 0 Å². The van der Waals surface area contributed by atoms with Gasteiger partial charge in [-0.15, -0.1) is 0 Å². The molecule has 0 heterocycles. The predicted molar refractivity (Wildman–Crippen MR) is 109 cm³/mol. The Kier molecular flexibility index (Phi) is 6.50. The van der Waals surface area contributed by atoms with E-state index in [1.165, 1.54) is 0 Å². The van der Waals surface area contributed by atoms with Crippen LogP contribution in [0.3, 0.4) is 0 Å². The average molecular weight is 405 g/mol. The van der Waals surface area contributed by atoms with Gasteiger partial charge in [-0.25, -0.2) is 8.42 Å². The minimum atomic E-state index is -3.61. The van der Waals surface area contributed by atoms with E-state index in [1.54, 1.807) is 57.7 Å². The van der Waals surface area contributed by atoms with E-state index >= 15 is 0 Å². The molecule has 1 atom stereocenters. The summed E-state index contributed by atoms with van der Waals surface area (Å²) in [6.07, 6.45) is 5.00. The highest BCUT2D eigenvalue weighted by atomic mass is 32.2. The Balaban J connectivity index is 2.20. The fraction of sp³-hybridized carbons (Fsp3) is 0.455. The van der Waals surface area contributed by atoms with Crippen LogP contribution >= 0.6 is 0 Å². The van der Waals surface area contributed by atoms with Gasteiger partial charge in [0.05, 0.1) is 31.5 Å². The van der Waals surface area contributed by atoms with Gasteiger partial charge in [-0.3, -0.25) is 0 Å². The molecule has 1 aliphatic carbocycles. The third-order valence-electron chi connectivity index (χ3n) is 5.53. The normalized spacial score (nSPS) is 16.4. The standard InChI is InChI=1S/C22H28O5S/c1-25-19-15-21(27-3)20(26-2)14-18(19)22(16-10-6-4-7-11-16)28(23,24)17-12-8-5-9-13-17/h5,8-9,12-16,22H,4,6-7,10-11H2,1-3H3. The maximum atomic E-state index is 13.7. The molecule has 0 saturated heterocycles. The van der Waals surface area contributed by atoms with Crippen molar-refractivity contribution in [3.05, 3.63) is 48.0 Å². The molecular weight excluding hydrogens is 376 g/mol. The highest BCUT2D eigenvalue weighted by Gasteiger charge is 2.39. The van der Waals surface area contributed by atoms with Gasteiger partial charge in [0.2, 0.25) is 0 Å². The Morgan fingerprint density at radius 3 is 1.96 bits per heavy atom. The number of hydrogen-bond donors (Lipinski definition) is 0. The summed E-state index contributed by atoms with van der Waals surface area (Å²) in [6, 6.07) is 12.2. The van der Waals surface area contributed by atoms with Gasteiger partial charge < -0.3 is 14.2 Å². The summed E-state index contributed by atoms with van der Waals surface area (Å²) in [5.41, 5.74) is 0.635. The monoisotopic (exact) mass is 404 g/mol. The van der Waals surface area contributed by atoms with Crippen molar-refractivity contribution in [2.24, 2.45) is 5.92 Å². The Hall–Kier alpha value is -2.21. The summed E-state index contributed by atoms with van der Waals surface area (Å²) in [4.78, 5) is 0.336. The maximum Gasteiger partial charge on any atom is 0.185 e. The fourth-order valence-corrected chi connectivity index (χ4v) is 6.27. The van der Waals surface area contributed by atoms with Crippen molar-refractivity contribution >= 4 is 9.84 Å². The molecule has 0 aliphatic heterocycles. The molecule has 0 radical (unpaired) electrons. The lowest BCUT2D eigenvalue weighted by Crippen LogP contribution is -2.25. The third-order valence-corrected chi connectivity index (χ3v) is 7.76. The average Bonchev–Trinajstić information content (AvgIpc) is 2.74. The number of sulfone groups is 1. The van der Waals surface area contributed by atoms with E-state index in [-0.39, 0.29) is 5.92 Å². The molecule has 152 valence electrons. The quantitative estimate of drug-likeness (QED) is 0.663. The van der Waals surface area contributed by atoms with Crippen LogP contribution in [0.1, 0.15) is 42.9 Å². The molecule has 0 amide bonds. The zero-order valence-electron chi connectivity index (χ0n) is 16.7. The van der Waals surface area contributed by atoms with E-state index in [1.807, 2.05) is 6.07 Å². The number of benzene rings is 2. The third kappa shape index (κ3) is 3.97. The highest BCUT2D eigenvalue weighted by Crippen LogP contribution is 2.48. The van der Waals surface area contributed by atoms with Crippen molar-refractivity contribution in [1.82, 2.24) is 0 Å². The van der Waals surface area contributed by atoms with Gasteiger partial charge >= 0.3 is 0 Å². The molecule has 0 aromatic heterocycles. The summed E-state index contributed by atoms with van der Waals surface area (Å²) in [6.45, 7) is 0. The van der Waals surface area contributed by atoms with Crippen molar-refractivity contribution in [2.45, 2.75) is 42.2 Å². The van der Waals surface area contributed by atoms with Crippen LogP contribution in [0.2, 0.25) is 0 Å². The highest BCUT2D eigenvalue weighted by molar-refractivity contribution is 7.91. The summed E-state index contributed by atoms with van der Waals surface area (Å²) in [5.74, 6) is 1.56. The number of rotatable bonds is 7. The molecule has 1 unspecified atom stereocenters. The van der Waals surface area contributed by atoms with Crippen LogP contribution in [0.25, 0.3) is 0 Å². The molecule has 0 bridgehead atoms. The molecule has 2 aromatic rings. The molecule has 5 nitrogen and oxygen atoms in total. The van der Waals surface area contributed by atoms with Gasteiger partial charge in [-0.1, -0.05) is 37.5 Å². The van der Waals surface area contributed by atoms with Crippen molar-refractivity contribution < 1.29 is 22.6 Å². The van der Waals surface area contributed by atoms with E-state index < -0.39 is 15.1 Å². The predicted octanol–water partition coefficient (Wildman–Crippen LogP) is 4.81. The van der Waals surface area contributed by atoms with Gasteiger partial charge in [-0.05, 0) is 37.0 Å². The molecule has 1 saturated carbocycles. The van der Waals surface area contributed by atoms with Crippen molar-refractivity contribution in [3.8, 4) is 17.2 Å². The van der Waals surface area contributed by atoms with E-state index in [0.29, 0.717) is 27.7 Å². The molecule has 1 fully saturated rings. The minimum absolute atomic E-state index is 0.0333. The molecule has 3 rings (SSSR count). The van der Waals surface area contributed by atoms with Crippen LogP contribution in [-0.2, 0) is 9.84 Å². The van der Waals surface area contributed by atoms with Crippen LogP contribution in [0.4, 0.5) is 0 Å². The Bertz CT molecular complexity index is 887. The maximum absolute atomic E-state index is 13.7. The first-order valence-corrected chi connectivity index (χ1v) is 11.2. The second kappa shape index (κ2) is 8.86. The van der Waals surface area contributed by atoms with Crippen LogP contribution in [-0.4, -0.2) is 29.7 Å². The second-order valence-electron chi connectivity index (χ2n) is 7.13. The fourth-order valence-electron chi connectivity index (χ4n) is 4.14. The lowest BCUT2D eigenvalue weighted by Gasteiger charge is -2.31. The van der Waals surface area contributed by atoms with Crippen molar-refractivity contribution in [3.63, 3.8) is 0 Å². The summed E-state index contributed by atoms with van der Waals surface area (Å²) in [5, 5.41) is -0.690. The Morgan fingerprint density at radius 1 is 0.821 bits per heavy atom.